The number of carboxylic acids is 1. The van der Waals surface area contributed by atoms with Crippen molar-refractivity contribution in [1.29, 1.82) is 0 Å². The number of hydrogen-bond acceptors (Lipinski definition) is 5. The summed E-state index contributed by atoms with van der Waals surface area (Å²) in [6, 6.07) is 12.4. The molecule has 0 fully saturated rings. The van der Waals surface area contributed by atoms with Gasteiger partial charge in [0, 0.05) is 0 Å². The van der Waals surface area contributed by atoms with Gasteiger partial charge in [0.1, 0.15) is 0 Å². The van der Waals surface area contributed by atoms with E-state index in [-0.39, 0.29) is 10.0 Å². The average molecular weight is 370 g/mol. The number of carboxylic acid groups (broad SMARTS) is 1. The van der Waals surface area contributed by atoms with Crippen molar-refractivity contribution in [2.24, 2.45) is 0 Å². The molecule has 1 N–H and O–H groups in total. The van der Waals surface area contributed by atoms with E-state index in [4.69, 9.17) is 5.11 Å². The van der Waals surface area contributed by atoms with E-state index in [1.54, 1.807) is 30.3 Å². The predicted octanol–water partition coefficient (Wildman–Crippen LogP) is 2.21. The second-order valence-electron chi connectivity index (χ2n) is 3.85. The molecule has 108 valence electrons. The summed E-state index contributed by atoms with van der Waals surface area (Å²) in [6.07, 6.45) is 0. The van der Waals surface area contributed by atoms with Gasteiger partial charge in [-0.15, -0.1) is 0 Å². The van der Waals surface area contributed by atoms with Crippen LogP contribution in [0.4, 0.5) is 5.69 Å². The van der Waals surface area contributed by atoms with Crippen LogP contribution >= 0.6 is 10.2 Å². The predicted molar refractivity (Wildman–Crippen MR) is 78.4 cm³/mol. The van der Waals surface area contributed by atoms with Crippen LogP contribution in [-0.2, 0) is 3.83 Å². The van der Waals surface area contributed by atoms with E-state index >= 15 is 0 Å². The Bertz CT molecular complexity index is 688. The second-order valence-corrected chi connectivity index (χ2v) is 8.95. The van der Waals surface area contributed by atoms with Gasteiger partial charge in [-0.2, -0.15) is 0 Å². The third-order valence-corrected chi connectivity index (χ3v) is 7.75. The molecule has 2 aromatic rings. The van der Waals surface area contributed by atoms with Crippen LogP contribution < -0.4 is 4.46 Å². The first-order chi connectivity index (χ1) is 10.0. The van der Waals surface area contributed by atoms with Gasteiger partial charge in [0.25, 0.3) is 0 Å². The van der Waals surface area contributed by atoms with Crippen LogP contribution in [0.3, 0.4) is 0 Å². The van der Waals surface area contributed by atoms with E-state index in [0.717, 1.165) is 10.2 Å². The van der Waals surface area contributed by atoms with Gasteiger partial charge in [-0.25, -0.2) is 0 Å². The number of rotatable bonds is 5. The van der Waals surface area contributed by atoms with Gasteiger partial charge in [-0.1, -0.05) is 0 Å². The fourth-order valence-electron chi connectivity index (χ4n) is 1.62. The van der Waals surface area contributed by atoms with Gasteiger partial charge in [0.05, 0.1) is 0 Å². The molecule has 0 aliphatic rings. The summed E-state index contributed by atoms with van der Waals surface area (Å²) in [6.45, 7) is 0. The van der Waals surface area contributed by atoms with Gasteiger partial charge < -0.3 is 0 Å². The zero-order chi connectivity index (χ0) is 15.4. The molecule has 0 bridgehead atoms. The summed E-state index contributed by atoms with van der Waals surface area (Å²) in [7, 11) is 0.961. The Balaban J connectivity index is 2.48. The average Bonchev–Trinajstić information content (AvgIpc) is 2.47. The molecule has 0 spiro atoms. The Hall–Kier alpha value is -2.02. The van der Waals surface area contributed by atoms with Crippen molar-refractivity contribution in [1.82, 2.24) is 0 Å². The Morgan fingerprint density at radius 2 is 1.81 bits per heavy atom. The summed E-state index contributed by atoms with van der Waals surface area (Å²) in [5.41, 5.74) is -0.703. The van der Waals surface area contributed by atoms with Crippen molar-refractivity contribution >= 4 is 39.0 Å². The van der Waals surface area contributed by atoms with Gasteiger partial charge >= 0.3 is 127 Å². The molecule has 0 aliphatic heterocycles. The Morgan fingerprint density at radius 3 is 2.38 bits per heavy atom. The topological polar surface area (TPSA) is 97.5 Å². The summed E-state index contributed by atoms with van der Waals surface area (Å²) < 4.78 is 12.3. The molecule has 0 saturated carbocycles. The number of nitro benzene ring substituents is 1. The number of aromatic carboxylic acids is 1. The molecular formula is C13H9NO5SSe. The number of benzene rings is 2. The fourth-order valence-corrected chi connectivity index (χ4v) is 6.74. The van der Waals surface area contributed by atoms with Crippen LogP contribution in [0, 0.1) is 10.1 Å². The van der Waals surface area contributed by atoms with Crippen molar-refractivity contribution in [3.05, 3.63) is 64.2 Å². The molecule has 6 nitrogen and oxygen atoms in total. The minimum absolute atomic E-state index is 0.191. The zero-order valence-electron chi connectivity index (χ0n) is 10.5. The van der Waals surface area contributed by atoms with Crippen LogP contribution in [-0.4, -0.2) is 28.7 Å². The first kappa shape index (κ1) is 15.4. The van der Waals surface area contributed by atoms with Crippen LogP contribution in [0.5, 0.6) is 0 Å². The zero-order valence-corrected chi connectivity index (χ0v) is 13.0. The summed E-state index contributed by atoms with van der Waals surface area (Å²) >= 11 is -2.98. The van der Waals surface area contributed by atoms with Crippen LogP contribution in [0.1, 0.15) is 10.4 Å². The third-order valence-electron chi connectivity index (χ3n) is 2.50. The van der Waals surface area contributed by atoms with Crippen molar-refractivity contribution in [2.75, 3.05) is 0 Å². The molecule has 1 atom stereocenters. The third kappa shape index (κ3) is 3.55. The van der Waals surface area contributed by atoms with Crippen molar-refractivity contribution in [3.8, 4) is 0 Å². The molecular weight excluding hydrogens is 361 g/mol. The number of hydrogen-bond donors (Lipinski definition) is 1. The molecule has 0 aliphatic carbocycles. The van der Waals surface area contributed by atoms with Crippen molar-refractivity contribution in [2.45, 2.75) is 4.90 Å². The van der Waals surface area contributed by atoms with Gasteiger partial charge in [-0.05, 0) is 0 Å². The maximum absolute atomic E-state index is 12.5. The second kappa shape index (κ2) is 6.62. The molecule has 0 radical (unpaired) electrons. The normalized spacial score (nSPS) is 11.8. The SMILES string of the molecule is O=C(O)c1cccc([N+](=O)[O-])c1[Se](=O)Sc1ccccc1. The number of nitrogens with zero attached hydrogens (tertiary/aromatic N) is 1. The Kier molecular flexibility index (Phi) is 4.85. The van der Waals surface area contributed by atoms with E-state index < -0.39 is 29.3 Å². The van der Waals surface area contributed by atoms with E-state index in [1.807, 2.05) is 0 Å². The number of carbonyl (C=O) groups is 1. The molecule has 2 aromatic carbocycles. The van der Waals surface area contributed by atoms with Crippen LogP contribution in [0.25, 0.3) is 0 Å². The van der Waals surface area contributed by atoms with E-state index in [0.29, 0.717) is 4.90 Å². The van der Waals surface area contributed by atoms with E-state index in [9.17, 15) is 18.7 Å². The molecule has 21 heavy (non-hydrogen) atoms. The molecule has 0 heterocycles. The standard InChI is InChI=1S/C13H9NO5SSe/c15-13(16)10-7-4-8-11(14(17)18)12(10)21(19)20-9-5-2-1-3-6-9/h1-8H,(H,15,16). The quantitative estimate of drug-likeness (QED) is 0.492. The molecule has 0 saturated heterocycles. The van der Waals surface area contributed by atoms with Gasteiger partial charge in [0.15, 0.2) is 0 Å². The summed E-state index contributed by atoms with van der Waals surface area (Å²) in [4.78, 5) is 22.2. The van der Waals surface area contributed by atoms with E-state index in [1.165, 1.54) is 18.2 Å². The van der Waals surface area contributed by atoms with Crippen molar-refractivity contribution < 1.29 is 18.7 Å². The maximum atomic E-state index is 12.5. The van der Waals surface area contributed by atoms with Crippen molar-refractivity contribution in [3.63, 3.8) is 0 Å². The Labute approximate surface area is 127 Å². The first-order valence-electron chi connectivity index (χ1n) is 5.66. The van der Waals surface area contributed by atoms with Gasteiger partial charge in [-0.3, -0.25) is 0 Å². The van der Waals surface area contributed by atoms with Crippen LogP contribution in [0.2, 0.25) is 0 Å². The monoisotopic (exact) mass is 371 g/mol. The summed E-state index contributed by atoms with van der Waals surface area (Å²) in [5, 5.41) is 20.2. The summed E-state index contributed by atoms with van der Waals surface area (Å²) in [5.74, 6) is -1.33. The molecule has 0 aromatic heterocycles. The minimum atomic E-state index is -2.98. The van der Waals surface area contributed by atoms with E-state index in [2.05, 4.69) is 0 Å². The van der Waals surface area contributed by atoms with Crippen LogP contribution in [0.15, 0.2) is 53.4 Å². The number of nitro groups is 1. The molecule has 0 amide bonds. The fraction of sp³-hybridized carbons (Fsp3) is 0. The molecule has 2 rings (SSSR count). The molecule has 1 unspecified atom stereocenters. The Morgan fingerprint density at radius 1 is 1.14 bits per heavy atom. The first-order valence-corrected chi connectivity index (χ1v) is 10.1. The van der Waals surface area contributed by atoms with Gasteiger partial charge in [0.2, 0.25) is 0 Å². The molecule has 8 heteroatoms.